The molecule has 1 aliphatic heterocycles. The van der Waals surface area contributed by atoms with Gasteiger partial charge in [0, 0.05) is 23.0 Å². The Kier molecular flexibility index (Phi) is 3.39. The van der Waals surface area contributed by atoms with E-state index in [2.05, 4.69) is 10.6 Å². The fourth-order valence-electron chi connectivity index (χ4n) is 2.44. The second-order valence-electron chi connectivity index (χ2n) is 4.72. The summed E-state index contributed by atoms with van der Waals surface area (Å²) < 4.78 is 10.5. The molecule has 5 heteroatoms. The van der Waals surface area contributed by atoms with Crippen LogP contribution in [0.25, 0.3) is 0 Å². The third kappa shape index (κ3) is 2.38. The van der Waals surface area contributed by atoms with Crippen LogP contribution in [0, 0.1) is 0 Å². The SMILES string of the molecule is COc1ccc(NC2C(=O)Nc3ccccc32)cc1OC. The highest BCUT2D eigenvalue weighted by molar-refractivity contribution is 6.04. The number of hydrogen-bond donors (Lipinski definition) is 2. The molecule has 21 heavy (non-hydrogen) atoms. The summed E-state index contributed by atoms with van der Waals surface area (Å²) in [5, 5.41) is 6.09. The van der Waals surface area contributed by atoms with Gasteiger partial charge < -0.3 is 20.1 Å². The first-order valence-corrected chi connectivity index (χ1v) is 6.61. The van der Waals surface area contributed by atoms with Gasteiger partial charge in [-0.3, -0.25) is 4.79 Å². The van der Waals surface area contributed by atoms with E-state index in [9.17, 15) is 4.79 Å². The smallest absolute Gasteiger partial charge is 0.251 e. The van der Waals surface area contributed by atoms with Crippen molar-refractivity contribution in [2.45, 2.75) is 6.04 Å². The second kappa shape index (κ2) is 5.36. The maximum absolute atomic E-state index is 12.1. The van der Waals surface area contributed by atoms with Crippen LogP contribution in [-0.2, 0) is 4.79 Å². The summed E-state index contributed by atoms with van der Waals surface area (Å²) in [5.74, 6) is 1.21. The largest absolute Gasteiger partial charge is 0.493 e. The van der Waals surface area contributed by atoms with Crippen LogP contribution in [0.5, 0.6) is 11.5 Å². The second-order valence-corrected chi connectivity index (χ2v) is 4.72. The number of carbonyl (C=O) groups is 1. The van der Waals surface area contributed by atoms with Crippen molar-refractivity contribution in [3.8, 4) is 11.5 Å². The fourth-order valence-corrected chi connectivity index (χ4v) is 2.44. The van der Waals surface area contributed by atoms with Crippen molar-refractivity contribution in [3.05, 3.63) is 48.0 Å². The van der Waals surface area contributed by atoms with Crippen LogP contribution in [0.2, 0.25) is 0 Å². The summed E-state index contributed by atoms with van der Waals surface area (Å²) in [5.41, 5.74) is 2.59. The summed E-state index contributed by atoms with van der Waals surface area (Å²) in [4.78, 5) is 12.1. The summed E-state index contributed by atoms with van der Waals surface area (Å²) in [6, 6.07) is 12.7. The first kappa shape index (κ1) is 13.3. The summed E-state index contributed by atoms with van der Waals surface area (Å²) >= 11 is 0. The van der Waals surface area contributed by atoms with Crippen LogP contribution < -0.4 is 20.1 Å². The predicted molar refractivity (Wildman–Crippen MR) is 81.0 cm³/mol. The normalized spacial score (nSPS) is 16.1. The molecule has 0 fully saturated rings. The van der Waals surface area contributed by atoms with Gasteiger partial charge >= 0.3 is 0 Å². The average molecular weight is 284 g/mol. The molecule has 1 unspecified atom stereocenters. The van der Waals surface area contributed by atoms with Gasteiger partial charge in [0.15, 0.2) is 11.5 Å². The van der Waals surface area contributed by atoms with Gasteiger partial charge in [-0.1, -0.05) is 18.2 Å². The fraction of sp³-hybridized carbons (Fsp3) is 0.188. The van der Waals surface area contributed by atoms with Gasteiger partial charge in [0.25, 0.3) is 5.91 Å². The summed E-state index contributed by atoms with van der Waals surface area (Å²) in [6.07, 6.45) is 0. The number of methoxy groups -OCH3 is 2. The average Bonchev–Trinajstić information content (AvgIpc) is 2.83. The molecule has 0 radical (unpaired) electrons. The molecule has 2 aromatic carbocycles. The first-order valence-electron chi connectivity index (χ1n) is 6.61. The van der Waals surface area contributed by atoms with Crippen molar-refractivity contribution in [1.29, 1.82) is 0 Å². The molecule has 0 bridgehead atoms. The van der Waals surface area contributed by atoms with Crippen LogP contribution >= 0.6 is 0 Å². The monoisotopic (exact) mass is 284 g/mol. The third-order valence-electron chi connectivity index (χ3n) is 3.49. The van der Waals surface area contributed by atoms with Gasteiger partial charge in [-0.05, 0) is 18.2 Å². The van der Waals surface area contributed by atoms with Crippen LogP contribution in [-0.4, -0.2) is 20.1 Å². The minimum absolute atomic E-state index is 0.0639. The molecule has 0 aromatic heterocycles. The van der Waals surface area contributed by atoms with Crippen molar-refractivity contribution in [3.63, 3.8) is 0 Å². The van der Waals surface area contributed by atoms with Gasteiger partial charge in [0.05, 0.1) is 14.2 Å². The number of fused-ring (bicyclic) bond motifs is 1. The predicted octanol–water partition coefficient (Wildman–Crippen LogP) is 2.81. The molecule has 1 aliphatic rings. The highest BCUT2D eigenvalue weighted by Gasteiger charge is 2.30. The Morgan fingerprint density at radius 2 is 1.81 bits per heavy atom. The van der Waals surface area contributed by atoms with E-state index in [-0.39, 0.29) is 5.91 Å². The topological polar surface area (TPSA) is 59.6 Å². The first-order chi connectivity index (χ1) is 10.2. The van der Waals surface area contributed by atoms with E-state index in [1.54, 1.807) is 20.3 Å². The minimum Gasteiger partial charge on any atom is -0.493 e. The van der Waals surface area contributed by atoms with Crippen molar-refractivity contribution < 1.29 is 14.3 Å². The molecule has 1 amide bonds. The molecule has 2 aromatic rings. The Morgan fingerprint density at radius 1 is 1.05 bits per heavy atom. The molecular weight excluding hydrogens is 268 g/mol. The summed E-state index contributed by atoms with van der Waals surface area (Å²) in [6.45, 7) is 0. The van der Waals surface area contributed by atoms with E-state index >= 15 is 0 Å². The number of nitrogens with one attached hydrogen (secondary N) is 2. The van der Waals surface area contributed by atoms with Crippen LogP contribution in [0.15, 0.2) is 42.5 Å². The quantitative estimate of drug-likeness (QED) is 0.906. The number of anilines is 2. The maximum Gasteiger partial charge on any atom is 0.251 e. The van der Waals surface area contributed by atoms with Gasteiger partial charge in [-0.2, -0.15) is 0 Å². The van der Waals surface area contributed by atoms with E-state index in [0.29, 0.717) is 11.5 Å². The standard InChI is InChI=1S/C16H16N2O3/c1-20-13-8-7-10(9-14(13)21-2)17-15-11-5-3-4-6-12(11)18-16(15)19/h3-9,15,17H,1-2H3,(H,18,19). The third-order valence-corrected chi connectivity index (χ3v) is 3.49. The van der Waals surface area contributed by atoms with Gasteiger partial charge in [0.1, 0.15) is 6.04 Å². The Morgan fingerprint density at radius 3 is 2.57 bits per heavy atom. The zero-order valence-electron chi connectivity index (χ0n) is 11.8. The van der Waals surface area contributed by atoms with Crippen LogP contribution in [0.4, 0.5) is 11.4 Å². The van der Waals surface area contributed by atoms with Gasteiger partial charge in [0.2, 0.25) is 0 Å². The highest BCUT2D eigenvalue weighted by Crippen LogP contribution is 2.35. The number of hydrogen-bond acceptors (Lipinski definition) is 4. The molecule has 1 atom stereocenters. The number of para-hydroxylation sites is 1. The molecular formula is C16H16N2O3. The zero-order chi connectivity index (χ0) is 14.8. The Balaban J connectivity index is 1.89. The van der Waals surface area contributed by atoms with Crippen molar-refractivity contribution in [1.82, 2.24) is 0 Å². The Labute approximate surface area is 122 Å². The Hall–Kier alpha value is -2.69. The molecule has 1 heterocycles. The molecule has 3 rings (SSSR count). The highest BCUT2D eigenvalue weighted by atomic mass is 16.5. The number of benzene rings is 2. The lowest BCUT2D eigenvalue weighted by atomic mass is 10.1. The van der Waals surface area contributed by atoms with Crippen molar-refractivity contribution in [2.75, 3.05) is 24.9 Å². The molecule has 108 valence electrons. The molecule has 0 aliphatic carbocycles. The van der Waals surface area contributed by atoms with E-state index in [0.717, 1.165) is 16.9 Å². The molecule has 2 N–H and O–H groups in total. The van der Waals surface area contributed by atoms with E-state index in [1.807, 2.05) is 36.4 Å². The maximum atomic E-state index is 12.1. The Bertz CT molecular complexity index is 685. The van der Waals surface area contributed by atoms with Crippen molar-refractivity contribution in [2.24, 2.45) is 0 Å². The molecule has 5 nitrogen and oxygen atoms in total. The molecule has 0 saturated carbocycles. The number of amides is 1. The van der Waals surface area contributed by atoms with Crippen LogP contribution in [0.1, 0.15) is 11.6 Å². The molecule has 0 spiro atoms. The number of carbonyl (C=O) groups excluding carboxylic acids is 1. The van der Waals surface area contributed by atoms with Gasteiger partial charge in [-0.15, -0.1) is 0 Å². The lowest BCUT2D eigenvalue weighted by Gasteiger charge is -2.15. The number of rotatable bonds is 4. The lowest BCUT2D eigenvalue weighted by molar-refractivity contribution is -0.116. The van der Waals surface area contributed by atoms with Crippen molar-refractivity contribution >= 4 is 17.3 Å². The minimum atomic E-state index is -0.403. The number of ether oxygens (including phenoxy) is 2. The summed E-state index contributed by atoms with van der Waals surface area (Å²) in [7, 11) is 3.17. The van der Waals surface area contributed by atoms with E-state index < -0.39 is 6.04 Å². The van der Waals surface area contributed by atoms with Gasteiger partial charge in [-0.25, -0.2) is 0 Å². The van der Waals surface area contributed by atoms with E-state index in [1.165, 1.54) is 0 Å². The lowest BCUT2D eigenvalue weighted by Crippen LogP contribution is -2.19. The van der Waals surface area contributed by atoms with Crippen LogP contribution in [0.3, 0.4) is 0 Å². The van der Waals surface area contributed by atoms with E-state index in [4.69, 9.17) is 9.47 Å². The zero-order valence-corrected chi connectivity index (χ0v) is 11.8. The molecule has 0 saturated heterocycles.